The average molecular weight is 338 g/mol. The second-order valence-corrected chi connectivity index (χ2v) is 5.67. The van der Waals surface area contributed by atoms with E-state index in [1.807, 2.05) is 0 Å². The quantitative estimate of drug-likeness (QED) is 0.453. The van der Waals surface area contributed by atoms with Crippen LogP contribution in [0.25, 0.3) is 5.57 Å². The van der Waals surface area contributed by atoms with Crippen LogP contribution in [0.1, 0.15) is 31.1 Å². The van der Waals surface area contributed by atoms with E-state index in [0.717, 1.165) is 25.2 Å². The van der Waals surface area contributed by atoms with Crippen LogP contribution < -0.4 is 29.6 Å². The molecule has 0 saturated heterocycles. The Morgan fingerprint density at radius 2 is 2.17 bits per heavy atom. The molecular formula is C13H15Cl2OSTi. The fraction of sp³-hybridized carbons (Fsp3) is 0.385. The van der Waals surface area contributed by atoms with Crippen LogP contribution in [0.15, 0.2) is 27.5 Å². The maximum atomic E-state index is 5.82. The van der Waals surface area contributed by atoms with E-state index in [4.69, 9.17) is 4.74 Å². The van der Waals surface area contributed by atoms with Crippen LogP contribution in [-0.2, 0) is 20.4 Å². The minimum atomic E-state index is 0. The molecule has 0 spiro atoms. The fourth-order valence-corrected chi connectivity index (χ4v) is 3.19. The molecule has 5 heteroatoms. The van der Waals surface area contributed by atoms with Gasteiger partial charge in [0.25, 0.3) is 0 Å². The van der Waals surface area contributed by atoms with Gasteiger partial charge in [-0.1, -0.05) is 0 Å². The molecule has 0 radical (unpaired) electrons. The van der Waals surface area contributed by atoms with Crippen molar-refractivity contribution in [3.63, 3.8) is 0 Å². The summed E-state index contributed by atoms with van der Waals surface area (Å²) >= 11 is 3.97. The molecule has 1 aromatic heterocycles. The number of thiophene rings is 1. The van der Waals surface area contributed by atoms with Gasteiger partial charge in [0.2, 0.25) is 0 Å². The second kappa shape index (κ2) is 9.22. The van der Waals surface area contributed by atoms with Gasteiger partial charge >= 0.3 is 113 Å². The first-order chi connectivity index (χ1) is 7.83. The molecule has 0 saturated carbocycles. The monoisotopic (exact) mass is 337 g/mol. The third-order valence-electron chi connectivity index (χ3n) is 2.56. The summed E-state index contributed by atoms with van der Waals surface area (Å²) in [6.45, 7) is 3.01. The van der Waals surface area contributed by atoms with Crippen LogP contribution in [0.2, 0.25) is 0 Å². The molecule has 0 aliphatic heterocycles. The number of unbranched alkanes of at least 4 members (excludes halogenated alkanes) is 1. The van der Waals surface area contributed by atoms with Crippen molar-refractivity contribution in [2.24, 2.45) is 0 Å². The molecule has 0 amide bonds. The van der Waals surface area contributed by atoms with Crippen molar-refractivity contribution in [1.29, 1.82) is 0 Å². The van der Waals surface area contributed by atoms with E-state index in [0.29, 0.717) is 0 Å². The van der Waals surface area contributed by atoms with E-state index in [2.05, 4.69) is 51.0 Å². The zero-order chi connectivity index (χ0) is 11.4. The summed E-state index contributed by atoms with van der Waals surface area (Å²) in [7, 11) is 0. The number of ether oxygens (including phenoxy) is 1. The van der Waals surface area contributed by atoms with Crippen molar-refractivity contribution < 1.29 is 50.0 Å². The molecule has 0 atom stereocenters. The van der Waals surface area contributed by atoms with Gasteiger partial charge in [-0.05, 0) is 0 Å². The molecule has 0 fully saturated rings. The Morgan fingerprint density at radius 1 is 1.39 bits per heavy atom. The van der Waals surface area contributed by atoms with E-state index >= 15 is 0 Å². The van der Waals surface area contributed by atoms with Crippen molar-refractivity contribution >= 4 is 16.9 Å². The van der Waals surface area contributed by atoms with Gasteiger partial charge in [-0.15, -0.1) is 0 Å². The summed E-state index contributed by atoms with van der Waals surface area (Å²) in [6.07, 6.45) is 7.83. The van der Waals surface area contributed by atoms with Gasteiger partial charge in [0.15, 0.2) is 0 Å². The summed E-state index contributed by atoms with van der Waals surface area (Å²) in [5, 5.41) is 2.11. The molecule has 0 bridgehead atoms. The first-order valence-electron chi connectivity index (χ1n) is 5.65. The molecule has 1 nitrogen and oxygen atoms in total. The minimum Gasteiger partial charge on any atom is -1.00 e. The Morgan fingerprint density at radius 3 is 2.78 bits per heavy atom. The number of hydrogen-bond acceptors (Lipinski definition) is 2. The van der Waals surface area contributed by atoms with Crippen molar-refractivity contribution in [2.45, 2.75) is 26.2 Å². The Kier molecular flexibility index (Phi) is 9.36. The molecule has 2 rings (SSSR count). The first kappa shape index (κ1) is 18.3. The Bertz CT molecular complexity index is 426. The molecule has 0 N–H and O–H groups in total. The van der Waals surface area contributed by atoms with Crippen LogP contribution in [0.5, 0.6) is 5.75 Å². The van der Waals surface area contributed by atoms with Crippen molar-refractivity contribution in [1.82, 2.24) is 0 Å². The molecule has 18 heavy (non-hydrogen) atoms. The summed E-state index contributed by atoms with van der Waals surface area (Å²) in [5.74, 6) is 1.05. The standard InChI is InChI=1S/C13H15OS.2ClH.Ti/c1-2-3-9-14-12-8-10-15-13(12)11-6-4-5-7-11;;;/h4,6,8,10H,2-3,5,9H2,1H3;2*1H;/q;;;+2/p-2. The van der Waals surface area contributed by atoms with E-state index in [9.17, 15) is 0 Å². The topological polar surface area (TPSA) is 9.23 Å². The molecule has 0 unspecified atom stereocenters. The molecular weight excluding hydrogens is 323 g/mol. The summed E-state index contributed by atoms with van der Waals surface area (Å²) in [5.41, 5.74) is 1.36. The normalized spacial score (nSPS) is 13.3. The predicted octanol–water partition coefficient (Wildman–Crippen LogP) is -1.85. The molecule has 0 aromatic carbocycles. The number of halogens is 2. The molecule has 1 aliphatic carbocycles. The predicted molar refractivity (Wildman–Crippen MR) is 65.4 cm³/mol. The summed E-state index contributed by atoms with van der Waals surface area (Å²) in [6, 6.07) is 2.09. The van der Waals surface area contributed by atoms with Crippen molar-refractivity contribution in [3.05, 3.63) is 32.4 Å². The van der Waals surface area contributed by atoms with Crippen LogP contribution in [0.3, 0.4) is 0 Å². The number of allylic oxidation sites excluding steroid dienone is 4. The molecule has 97 valence electrons. The maximum absolute atomic E-state index is 5.82. The van der Waals surface area contributed by atoms with Gasteiger partial charge < -0.3 is 24.8 Å². The second-order valence-electron chi connectivity index (χ2n) is 3.81. The Hall–Kier alpha value is 0.274. The van der Waals surface area contributed by atoms with Crippen LogP contribution in [-0.4, -0.2) is 6.61 Å². The fourth-order valence-electron chi connectivity index (χ4n) is 1.65. The maximum Gasteiger partial charge on any atom is -1.00 e. The largest absolute Gasteiger partial charge is 1.00 e. The van der Waals surface area contributed by atoms with E-state index in [1.54, 1.807) is 11.3 Å². The van der Waals surface area contributed by atoms with Crippen LogP contribution >= 0.6 is 11.3 Å². The molecule has 1 aliphatic rings. The zero-order valence-corrected chi connectivity index (χ0v) is 14.1. The van der Waals surface area contributed by atoms with Gasteiger partial charge in [-0.25, -0.2) is 0 Å². The minimum absolute atomic E-state index is 0. The Labute approximate surface area is 137 Å². The molecule has 1 aromatic rings. The van der Waals surface area contributed by atoms with Gasteiger partial charge in [-0.3, -0.25) is 0 Å². The van der Waals surface area contributed by atoms with Crippen molar-refractivity contribution in [2.75, 3.05) is 6.61 Å². The van der Waals surface area contributed by atoms with E-state index < -0.39 is 0 Å². The number of hydrogen-bond donors (Lipinski definition) is 0. The van der Waals surface area contributed by atoms with Gasteiger partial charge in [-0.2, -0.15) is 0 Å². The molecule has 1 heterocycles. The average Bonchev–Trinajstić information content (AvgIpc) is 2.87. The first-order valence-corrected chi connectivity index (χ1v) is 7.31. The van der Waals surface area contributed by atoms with Crippen molar-refractivity contribution in [3.8, 4) is 5.75 Å². The zero-order valence-electron chi connectivity index (χ0n) is 10.2. The SMILES string of the molecule is CCCCOc1ccsc1C1=[C]([Ti+2])CC=C1.[Cl-].[Cl-]. The van der Waals surface area contributed by atoms with Crippen LogP contribution in [0, 0.1) is 0 Å². The van der Waals surface area contributed by atoms with E-state index in [-0.39, 0.29) is 24.8 Å². The number of rotatable bonds is 5. The van der Waals surface area contributed by atoms with Gasteiger partial charge in [0.1, 0.15) is 0 Å². The third-order valence-corrected chi connectivity index (χ3v) is 4.23. The summed E-state index contributed by atoms with van der Waals surface area (Å²) in [4.78, 5) is 1.29. The van der Waals surface area contributed by atoms with Gasteiger partial charge in [0, 0.05) is 0 Å². The van der Waals surface area contributed by atoms with Gasteiger partial charge in [0.05, 0.1) is 0 Å². The smallest absolute Gasteiger partial charge is 1.00 e. The van der Waals surface area contributed by atoms with E-state index in [1.165, 1.54) is 20.7 Å². The Balaban J connectivity index is 0.00000144. The summed E-state index contributed by atoms with van der Waals surface area (Å²) < 4.78 is 7.27. The van der Waals surface area contributed by atoms with Crippen LogP contribution in [0.4, 0.5) is 0 Å². The third kappa shape index (κ3) is 4.43.